The van der Waals surface area contributed by atoms with Gasteiger partial charge < -0.3 is 5.32 Å². The molecular formula is C23H20ClF3N2O3S. The van der Waals surface area contributed by atoms with Gasteiger partial charge >= 0.3 is 6.18 Å². The topological polar surface area (TPSA) is 66.5 Å². The van der Waals surface area contributed by atoms with Gasteiger partial charge in [0.1, 0.15) is 6.54 Å². The molecular weight excluding hydrogens is 477 g/mol. The molecule has 10 heteroatoms. The molecule has 0 fully saturated rings. The number of alkyl halides is 3. The molecule has 0 aliphatic carbocycles. The Balaban J connectivity index is 1.99. The van der Waals surface area contributed by atoms with Crippen LogP contribution in [0.3, 0.4) is 0 Å². The van der Waals surface area contributed by atoms with Gasteiger partial charge in [0.05, 0.1) is 27.2 Å². The maximum Gasteiger partial charge on any atom is 0.417 e. The Morgan fingerprint density at radius 1 is 1.00 bits per heavy atom. The van der Waals surface area contributed by atoms with Crippen molar-refractivity contribution in [1.29, 1.82) is 0 Å². The van der Waals surface area contributed by atoms with Crippen LogP contribution >= 0.6 is 11.6 Å². The van der Waals surface area contributed by atoms with Gasteiger partial charge in [-0.05, 0) is 42.8 Å². The van der Waals surface area contributed by atoms with E-state index in [0.29, 0.717) is 10.4 Å². The molecule has 5 nitrogen and oxygen atoms in total. The highest BCUT2D eigenvalue weighted by molar-refractivity contribution is 7.92. The molecule has 0 aliphatic rings. The van der Waals surface area contributed by atoms with E-state index >= 15 is 0 Å². The second-order valence-corrected chi connectivity index (χ2v) is 9.46. The van der Waals surface area contributed by atoms with Crippen LogP contribution in [-0.4, -0.2) is 20.9 Å². The van der Waals surface area contributed by atoms with Crippen molar-refractivity contribution in [2.45, 2.75) is 24.0 Å². The molecule has 1 amide bonds. The third-order valence-electron chi connectivity index (χ3n) is 4.84. The molecule has 0 saturated carbocycles. The number of anilines is 1. The summed E-state index contributed by atoms with van der Waals surface area (Å²) in [4.78, 5) is 12.6. The minimum atomic E-state index is -4.81. The molecule has 0 aromatic heterocycles. The van der Waals surface area contributed by atoms with Crippen LogP contribution in [0.25, 0.3) is 0 Å². The van der Waals surface area contributed by atoms with Gasteiger partial charge in [0.15, 0.2) is 0 Å². The summed E-state index contributed by atoms with van der Waals surface area (Å²) in [7, 11) is -4.36. The summed E-state index contributed by atoms with van der Waals surface area (Å²) in [5.74, 6) is -0.686. The fourth-order valence-electron chi connectivity index (χ4n) is 3.16. The van der Waals surface area contributed by atoms with Gasteiger partial charge in [0.25, 0.3) is 10.0 Å². The van der Waals surface area contributed by atoms with Gasteiger partial charge in [-0.2, -0.15) is 13.2 Å². The van der Waals surface area contributed by atoms with E-state index in [1.165, 1.54) is 24.3 Å². The van der Waals surface area contributed by atoms with E-state index in [0.717, 1.165) is 17.7 Å². The Morgan fingerprint density at radius 3 is 2.15 bits per heavy atom. The average molecular weight is 497 g/mol. The van der Waals surface area contributed by atoms with E-state index < -0.39 is 45.3 Å². The fraction of sp³-hybridized carbons (Fsp3) is 0.174. The Bertz CT molecular complexity index is 1220. The Hall–Kier alpha value is -3.04. The van der Waals surface area contributed by atoms with Crippen LogP contribution in [0.5, 0.6) is 0 Å². The van der Waals surface area contributed by atoms with Gasteiger partial charge in [-0.15, -0.1) is 0 Å². The van der Waals surface area contributed by atoms with Crippen LogP contribution in [0.15, 0.2) is 83.8 Å². The maximum absolute atomic E-state index is 13.4. The number of hydrogen-bond acceptors (Lipinski definition) is 3. The number of sulfonamides is 1. The Kier molecular flexibility index (Phi) is 7.34. The van der Waals surface area contributed by atoms with E-state index in [4.69, 9.17) is 11.6 Å². The molecule has 33 heavy (non-hydrogen) atoms. The maximum atomic E-state index is 13.4. The largest absolute Gasteiger partial charge is 0.417 e. The van der Waals surface area contributed by atoms with Crippen LogP contribution in [0.4, 0.5) is 18.9 Å². The zero-order chi connectivity index (χ0) is 24.2. The summed E-state index contributed by atoms with van der Waals surface area (Å²) in [5, 5.41) is 2.10. The fourth-order valence-corrected chi connectivity index (χ4v) is 4.82. The summed E-state index contributed by atoms with van der Waals surface area (Å²) in [6, 6.07) is 18.4. The predicted molar refractivity (Wildman–Crippen MR) is 120 cm³/mol. The lowest BCUT2D eigenvalue weighted by Gasteiger charge is -2.26. The van der Waals surface area contributed by atoms with Crippen LogP contribution in [0.1, 0.15) is 24.1 Å². The quantitative estimate of drug-likeness (QED) is 0.474. The van der Waals surface area contributed by atoms with Crippen molar-refractivity contribution in [3.05, 3.63) is 95.0 Å². The summed E-state index contributed by atoms with van der Waals surface area (Å²) < 4.78 is 67.4. The number of rotatable bonds is 7. The second kappa shape index (κ2) is 9.84. The lowest BCUT2D eigenvalue weighted by Crippen LogP contribution is -2.41. The molecule has 0 saturated heterocycles. The molecule has 3 aromatic rings. The third-order valence-corrected chi connectivity index (χ3v) is 6.96. The van der Waals surface area contributed by atoms with Crippen LogP contribution in [0.2, 0.25) is 5.02 Å². The molecule has 0 spiro atoms. The molecule has 3 aromatic carbocycles. The highest BCUT2D eigenvalue weighted by Gasteiger charge is 2.35. The van der Waals surface area contributed by atoms with E-state index in [1.807, 2.05) is 6.07 Å². The lowest BCUT2D eigenvalue weighted by molar-refractivity contribution is -0.137. The Labute approximate surface area is 194 Å². The normalized spacial score (nSPS) is 12.8. The minimum Gasteiger partial charge on any atom is -0.348 e. The Morgan fingerprint density at radius 2 is 1.58 bits per heavy atom. The minimum absolute atomic E-state index is 0.169. The molecule has 0 aliphatic heterocycles. The summed E-state index contributed by atoms with van der Waals surface area (Å²) in [6.45, 7) is 0.987. The lowest BCUT2D eigenvalue weighted by atomic mass is 10.1. The first kappa shape index (κ1) is 24.6. The summed E-state index contributed by atoms with van der Waals surface area (Å²) >= 11 is 5.69. The van der Waals surface area contributed by atoms with Gasteiger partial charge in [-0.25, -0.2) is 8.42 Å². The van der Waals surface area contributed by atoms with E-state index in [9.17, 15) is 26.4 Å². The zero-order valence-corrected chi connectivity index (χ0v) is 19.0. The molecule has 1 N–H and O–H groups in total. The highest BCUT2D eigenvalue weighted by Crippen LogP contribution is 2.38. The van der Waals surface area contributed by atoms with Gasteiger partial charge in [-0.3, -0.25) is 9.10 Å². The molecule has 0 bridgehead atoms. The molecule has 0 unspecified atom stereocenters. The number of halogens is 4. The number of nitrogens with zero attached hydrogens (tertiary/aromatic N) is 1. The van der Waals surface area contributed by atoms with Crippen molar-refractivity contribution in [2.75, 3.05) is 10.8 Å². The van der Waals surface area contributed by atoms with Crippen molar-refractivity contribution >= 4 is 33.2 Å². The number of benzene rings is 3. The van der Waals surface area contributed by atoms with Crippen molar-refractivity contribution < 1.29 is 26.4 Å². The number of carbonyl (C=O) groups excluding carboxylic acids is 1. The summed E-state index contributed by atoms with van der Waals surface area (Å²) in [5.41, 5.74) is -0.750. The molecule has 3 rings (SSSR count). The number of amides is 1. The molecule has 0 radical (unpaired) electrons. The van der Waals surface area contributed by atoms with E-state index in [-0.39, 0.29) is 10.6 Å². The first-order valence-electron chi connectivity index (χ1n) is 9.79. The number of nitrogens with one attached hydrogen (secondary N) is 1. The van der Waals surface area contributed by atoms with Gasteiger partial charge in [0, 0.05) is 0 Å². The smallest absolute Gasteiger partial charge is 0.348 e. The van der Waals surface area contributed by atoms with Crippen LogP contribution in [-0.2, 0) is 21.0 Å². The number of hydrogen-bond donors (Lipinski definition) is 1. The van der Waals surface area contributed by atoms with Crippen molar-refractivity contribution in [3.8, 4) is 0 Å². The average Bonchev–Trinajstić information content (AvgIpc) is 2.78. The second-order valence-electron chi connectivity index (χ2n) is 7.19. The van der Waals surface area contributed by atoms with Crippen LogP contribution in [0, 0.1) is 0 Å². The first-order chi connectivity index (χ1) is 15.5. The van der Waals surface area contributed by atoms with Crippen molar-refractivity contribution in [3.63, 3.8) is 0 Å². The zero-order valence-electron chi connectivity index (χ0n) is 17.4. The summed E-state index contributed by atoms with van der Waals surface area (Å²) in [6.07, 6.45) is -4.81. The number of carbonyl (C=O) groups is 1. The van der Waals surface area contributed by atoms with Crippen molar-refractivity contribution in [1.82, 2.24) is 5.32 Å². The highest BCUT2D eigenvalue weighted by atomic mass is 35.5. The monoisotopic (exact) mass is 496 g/mol. The third kappa shape index (κ3) is 5.85. The van der Waals surface area contributed by atoms with Gasteiger partial charge in [-0.1, -0.05) is 60.1 Å². The van der Waals surface area contributed by atoms with E-state index in [1.54, 1.807) is 37.3 Å². The van der Waals surface area contributed by atoms with E-state index in [2.05, 4.69) is 5.32 Å². The predicted octanol–water partition coefficient (Wildman–Crippen LogP) is 5.43. The molecule has 1 atom stereocenters. The van der Waals surface area contributed by atoms with Crippen molar-refractivity contribution in [2.24, 2.45) is 0 Å². The molecule has 0 heterocycles. The standard InChI is InChI=1S/C23H20ClF3N2O3S/c1-16(17-8-4-2-5-9-17)28-22(30)15-29(33(31,32)19-10-6-3-7-11-19)18-12-13-21(24)20(14-18)23(25,26)27/h2-14,16H,15H2,1H3,(H,28,30)/t16-/m1/s1. The molecule has 174 valence electrons. The first-order valence-corrected chi connectivity index (χ1v) is 11.6. The van der Waals surface area contributed by atoms with Gasteiger partial charge in [0.2, 0.25) is 5.91 Å². The SMILES string of the molecule is C[C@@H](NC(=O)CN(c1ccc(Cl)c(C(F)(F)F)c1)S(=O)(=O)c1ccccc1)c1ccccc1. The van der Waals surface area contributed by atoms with Crippen LogP contribution < -0.4 is 9.62 Å².